The number of nitrogens with zero attached hydrogens (tertiary/aromatic N) is 1. The first-order valence-electron chi connectivity index (χ1n) is 7.03. The maximum Gasteiger partial charge on any atom is 0.230 e. The first kappa shape index (κ1) is 14.5. The molecule has 1 amide bonds. The molecule has 3 heteroatoms. The Morgan fingerprint density at radius 3 is 2.41 bits per heavy atom. The number of hydrogen-bond donors (Lipinski definition) is 1. The van der Waals surface area contributed by atoms with Gasteiger partial charge >= 0.3 is 0 Å². The standard InChI is InChI=1S/C14H28N2O/c1-5-14(6-2,10-15)13(17)16-9-7-8-12(16)11(3)4/h11-12H,5-10,15H2,1-4H3. The summed E-state index contributed by atoms with van der Waals surface area (Å²) < 4.78 is 0. The van der Waals surface area contributed by atoms with Crippen LogP contribution in [-0.4, -0.2) is 29.9 Å². The van der Waals surface area contributed by atoms with Crippen molar-refractivity contribution in [3.8, 4) is 0 Å². The Balaban J connectivity index is 2.87. The van der Waals surface area contributed by atoms with Crippen molar-refractivity contribution < 1.29 is 4.79 Å². The van der Waals surface area contributed by atoms with Crippen LogP contribution in [0.25, 0.3) is 0 Å². The monoisotopic (exact) mass is 240 g/mol. The molecule has 0 bridgehead atoms. The van der Waals surface area contributed by atoms with Gasteiger partial charge in [0.1, 0.15) is 0 Å². The van der Waals surface area contributed by atoms with Gasteiger partial charge in [0, 0.05) is 19.1 Å². The van der Waals surface area contributed by atoms with Gasteiger partial charge in [-0.05, 0) is 31.6 Å². The van der Waals surface area contributed by atoms with E-state index in [-0.39, 0.29) is 5.41 Å². The normalized spacial score (nSPS) is 21.3. The van der Waals surface area contributed by atoms with Gasteiger partial charge in [0.25, 0.3) is 0 Å². The van der Waals surface area contributed by atoms with Crippen LogP contribution < -0.4 is 5.73 Å². The van der Waals surface area contributed by atoms with Crippen LogP contribution in [0.15, 0.2) is 0 Å². The molecule has 0 spiro atoms. The Morgan fingerprint density at radius 1 is 1.41 bits per heavy atom. The largest absolute Gasteiger partial charge is 0.339 e. The van der Waals surface area contributed by atoms with E-state index in [1.54, 1.807) is 0 Å². The maximum atomic E-state index is 12.7. The van der Waals surface area contributed by atoms with E-state index in [2.05, 4.69) is 32.6 Å². The molecule has 1 heterocycles. The van der Waals surface area contributed by atoms with Crippen molar-refractivity contribution in [2.45, 2.75) is 59.4 Å². The minimum atomic E-state index is -0.322. The van der Waals surface area contributed by atoms with E-state index < -0.39 is 0 Å². The molecular weight excluding hydrogens is 212 g/mol. The molecule has 1 atom stereocenters. The van der Waals surface area contributed by atoms with Gasteiger partial charge in [0.05, 0.1) is 5.41 Å². The van der Waals surface area contributed by atoms with Crippen LogP contribution in [-0.2, 0) is 4.79 Å². The number of amides is 1. The summed E-state index contributed by atoms with van der Waals surface area (Å²) in [5.74, 6) is 0.840. The molecule has 0 aromatic carbocycles. The molecule has 0 aromatic rings. The highest BCUT2D eigenvalue weighted by Gasteiger charge is 2.41. The SMILES string of the molecule is CCC(CC)(CN)C(=O)N1CCCC1C(C)C. The summed E-state index contributed by atoms with van der Waals surface area (Å²) in [6, 6.07) is 0.423. The lowest BCUT2D eigenvalue weighted by atomic mass is 9.80. The summed E-state index contributed by atoms with van der Waals surface area (Å²) in [5.41, 5.74) is 5.55. The van der Waals surface area contributed by atoms with Crippen molar-refractivity contribution in [3.63, 3.8) is 0 Å². The molecule has 3 nitrogen and oxygen atoms in total. The zero-order valence-electron chi connectivity index (χ0n) is 11.8. The van der Waals surface area contributed by atoms with E-state index in [1.165, 1.54) is 0 Å². The van der Waals surface area contributed by atoms with Gasteiger partial charge in [-0.25, -0.2) is 0 Å². The van der Waals surface area contributed by atoms with E-state index in [0.717, 1.165) is 32.2 Å². The summed E-state index contributed by atoms with van der Waals surface area (Å²) in [4.78, 5) is 14.8. The van der Waals surface area contributed by atoms with Crippen molar-refractivity contribution in [2.24, 2.45) is 17.1 Å². The fourth-order valence-corrected chi connectivity index (χ4v) is 2.97. The molecule has 0 aromatic heterocycles. The van der Waals surface area contributed by atoms with Crippen LogP contribution >= 0.6 is 0 Å². The van der Waals surface area contributed by atoms with E-state index in [0.29, 0.717) is 24.4 Å². The van der Waals surface area contributed by atoms with E-state index in [9.17, 15) is 4.79 Å². The van der Waals surface area contributed by atoms with E-state index >= 15 is 0 Å². The lowest BCUT2D eigenvalue weighted by Gasteiger charge is -2.37. The first-order valence-corrected chi connectivity index (χ1v) is 7.03. The third-order valence-electron chi connectivity index (χ3n) is 4.53. The maximum absolute atomic E-state index is 12.7. The molecule has 1 fully saturated rings. The molecule has 2 N–H and O–H groups in total. The summed E-state index contributed by atoms with van der Waals surface area (Å²) in [6.45, 7) is 9.96. The van der Waals surface area contributed by atoms with E-state index in [4.69, 9.17) is 5.73 Å². The van der Waals surface area contributed by atoms with E-state index in [1.807, 2.05) is 0 Å². The molecule has 100 valence electrons. The van der Waals surface area contributed by atoms with Crippen molar-refractivity contribution in [1.29, 1.82) is 0 Å². The Hall–Kier alpha value is -0.570. The molecule has 17 heavy (non-hydrogen) atoms. The zero-order valence-corrected chi connectivity index (χ0v) is 11.8. The second kappa shape index (κ2) is 5.85. The minimum Gasteiger partial charge on any atom is -0.339 e. The highest BCUT2D eigenvalue weighted by atomic mass is 16.2. The van der Waals surface area contributed by atoms with Crippen LogP contribution in [0.2, 0.25) is 0 Å². The van der Waals surface area contributed by atoms with Gasteiger partial charge < -0.3 is 10.6 Å². The lowest BCUT2D eigenvalue weighted by molar-refractivity contribution is -0.143. The van der Waals surface area contributed by atoms with Gasteiger partial charge in [-0.1, -0.05) is 27.7 Å². The average Bonchev–Trinajstić information content (AvgIpc) is 2.80. The average molecular weight is 240 g/mol. The fraction of sp³-hybridized carbons (Fsp3) is 0.929. The molecule has 1 aliphatic rings. The van der Waals surface area contributed by atoms with Crippen molar-refractivity contribution in [3.05, 3.63) is 0 Å². The second-order valence-corrected chi connectivity index (χ2v) is 5.64. The van der Waals surface area contributed by atoms with Gasteiger partial charge in [-0.15, -0.1) is 0 Å². The number of rotatable bonds is 5. The number of carbonyl (C=O) groups is 1. The number of likely N-dealkylation sites (tertiary alicyclic amines) is 1. The summed E-state index contributed by atoms with van der Waals surface area (Å²) in [6.07, 6.45) is 3.99. The first-order chi connectivity index (χ1) is 8.02. The molecule has 0 saturated carbocycles. The zero-order chi connectivity index (χ0) is 13.1. The van der Waals surface area contributed by atoms with Gasteiger partial charge in [0.2, 0.25) is 5.91 Å². The van der Waals surface area contributed by atoms with Crippen molar-refractivity contribution in [1.82, 2.24) is 4.90 Å². The summed E-state index contributed by atoms with van der Waals surface area (Å²) in [5, 5.41) is 0. The molecule has 1 rings (SSSR count). The Kier molecular flexibility index (Phi) is 4.99. The van der Waals surface area contributed by atoms with Crippen LogP contribution in [0.4, 0.5) is 0 Å². The van der Waals surface area contributed by atoms with Gasteiger partial charge in [-0.3, -0.25) is 4.79 Å². The fourth-order valence-electron chi connectivity index (χ4n) is 2.97. The minimum absolute atomic E-state index is 0.293. The Bertz CT molecular complexity index is 251. The smallest absolute Gasteiger partial charge is 0.230 e. The predicted octanol–water partition coefficient (Wildman–Crippen LogP) is 2.40. The molecular formula is C14H28N2O. The molecule has 0 aliphatic carbocycles. The molecule has 0 radical (unpaired) electrons. The quantitative estimate of drug-likeness (QED) is 0.802. The summed E-state index contributed by atoms with van der Waals surface area (Å²) in [7, 11) is 0. The van der Waals surface area contributed by atoms with Crippen LogP contribution in [0.5, 0.6) is 0 Å². The summed E-state index contributed by atoms with van der Waals surface area (Å²) >= 11 is 0. The highest BCUT2D eigenvalue weighted by Crippen LogP contribution is 2.33. The van der Waals surface area contributed by atoms with Crippen LogP contribution in [0.1, 0.15) is 53.4 Å². The number of hydrogen-bond acceptors (Lipinski definition) is 2. The number of carbonyl (C=O) groups excluding carboxylic acids is 1. The lowest BCUT2D eigenvalue weighted by Crippen LogP contribution is -2.50. The van der Waals surface area contributed by atoms with Gasteiger partial charge in [-0.2, -0.15) is 0 Å². The predicted molar refractivity (Wildman–Crippen MR) is 71.6 cm³/mol. The highest BCUT2D eigenvalue weighted by molar-refractivity contribution is 5.83. The van der Waals surface area contributed by atoms with Crippen molar-refractivity contribution in [2.75, 3.05) is 13.1 Å². The Morgan fingerprint density at radius 2 is 2.00 bits per heavy atom. The molecule has 1 unspecified atom stereocenters. The van der Waals surface area contributed by atoms with Crippen LogP contribution in [0, 0.1) is 11.3 Å². The van der Waals surface area contributed by atoms with Crippen molar-refractivity contribution >= 4 is 5.91 Å². The third-order valence-corrected chi connectivity index (χ3v) is 4.53. The second-order valence-electron chi connectivity index (χ2n) is 5.64. The third kappa shape index (κ3) is 2.65. The molecule has 1 saturated heterocycles. The van der Waals surface area contributed by atoms with Gasteiger partial charge in [0.15, 0.2) is 0 Å². The van der Waals surface area contributed by atoms with Crippen LogP contribution in [0.3, 0.4) is 0 Å². The number of nitrogens with two attached hydrogens (primary N) is 1. The topological polar surface area (TPSA) is 46.3 Å². The molecule has 1 aliphatic heterocycles. The Labute approximate surface area is 106 Å².